The van der Waals surface area contributed by atoms with Crippen molar-refractivity contribution in [2.24, 2.45) is 4.99 Å². The number of hydrogen-bond donors (Lipinski definition) is 0. The minimum atomic E-state index is 0. The topological polar surface area (TPSA) is 15.6 Å². The highest BCUT2D eigenvalue weighted by atomic mass is 127. The number of halogens is 1. The monoisotopic (exact) mass is 727 g/mol. The van der Waals surface area contributed by atoms with E-state index in [4.69, 9.17) is 4.99 Å². The Labute approximate surface area is 297 Å². The van der Waals surface area contributed by atoms with Crippen molar-refractivity contribution in [1.29, 1.82) is 0 Å². The van der Waals surface area contributed by atoms with Crippen LogP contribution >= 0.6 is 0 Å². The average molecular weight is 728 g/mol. The second-order valence-electron chi connectivity index (χ2n) is 12.0. The highest BCUT2D eigenvalue weighted by Crippen LogP contribution is 2.29. The molecule has 6 aromatic rings. The van der Waals surface area contributed by atoms with E-state index >= 15 is 0 Å². The third kappa shape index (κ3) is 9.74. The van der Waals surface area contributed by atoms with Gasteiger partial charge in [-0.3, -0.25) is 0 Å². The van der Waals surface area contributed by atoms with Crippen LogP contribution in [-0.4, -0.2) is 15.3 Å². The molecule has 0 fully saturated rings. The summed E-state index contributed by atoms with van der Waals surface area (Å²) in [7, 11) is 0. The summed E-state index contributed by atoms with van der Waals surface area (Å²) in [5, 5.41) is 0. The van der Waals surface area contributed by atoms with Gasteiger partial charge in [-0.15, -0.1) is 0 Å². The van der Waals surface area contributed by atoms with Crippen LogP contribution in [0.4, 0.5) is 0 Å². The lowest BCUT2D eigenvalue weighted by Crippen LogP contribution is -3.00. The lowest BCUT2D eigenvalue weighted by molar-refractivity contribution is -0.888. The summed E-state index contributed by atoms with van der Waals surface area (Å²) in [5.41, 5.74) is 7.62. The van der Waals surface area contributed by atoms with Crippen LogP contribution in [0.1, 0.15) is 33.4 Å². The third-order valence-electron chi connectivity index (χ3n) is 8.37. The quantitative estimate of drug-likeness (QED) is 0.0596. The fourth-order valence-electron chi connectivity index (χ4n) is 6.28. The van der Waals surface area contributed by atoms with Crippen LogP contribution in [0, 0.1) is 0 Å². The van der Waals surface area contributed by atoms with Crippen molar-refractivity contribution in [3.8, 4) is 0 Å². The first-order chi connectivity index (χ1) is 22.8. The van der Waals surface area contributed by atoms with Gasteiger partial charge >= 0.3 is 5.96 Å². The second kappa shape index (κ2) is 17.4. The molecule has 0 atom stereocenters. The molecule has 0 aliphatic heterocycles. The van der Waals surface area contributed by atoms with Crippen molar-refractivity contribution in [1.82, 2.24) is 4.90 Å². The summed E-state index contributed by atoms with van der Waals surface area (Å²) < 4.78 is 0.643. The zero-order valence-corrected chi connectivity index (χ0v) is 28.9. The Morgan fingerprint density at radius 2 is 0.660 bits per heavy atom. The number of quaternary nitrogens is 1. The zero-order valence-electron chi connectivity index (χ0n) is 26.8. The lowest BCUT2D eigenvalue weighted by atomic mass is 10.1. The van der Waals surface area contributed by atoms with Crippen LogP contribution in [0.2, 0.25) is 0 Å². The maximum Gasteiger partial charge on any atom is 0.302 e. The predicted molar refractivity (Wildman–Crippen MR) is 190 cm³/mol. The van der Waals surface area contributed by atoms with Gasteiger partial charge in [-0.1, -0.05) is 182 Å². The van der Waals surface area contributed by atoms with Gasteiger partial charge in [-0.25, -0.2) is 9.48 Å². The van der Waals surface area contributed by atoms with Gasteiger partial charge in [0.15, 0.2) is 0 Å². The maximum absolute atomic E-state index is 5.66. The van der Waals surface area contributed by atoms with E-state index in [1.54, 1.807) is 0 Å². The average Bonchev–Trinajstić information content (AvgIpc) is 3.11. The van der Waals surface area contributed by atoms with Gasteiger partial charge in [0, 0.05) is 29.8 Å². The van der Waals surface area contributed by atoms with Crippen LogP contribution in [-0.2, 0) is 39.3 Å². The summed E-state index contributed by atoms with van der Waals surface area (Å²) in [6, 6.07) is 65.1. The highest BCUT2D eigenvalue weighted by Gasteiger charge is 2.39. The number of rotatable bonds is 12. The molecule has 6 aromatic carbocycles. The van der Waals surface area contributed by atoms with Gasteiger partial charge in [0.25, 0.3) is 0 Å². The molecule has 4 heteroatoms. The first-order valence-corrected chi connectivity index (χ1v) is 16.2. The van der Waals surface area contributed by atoms with Gasteiger partial charge in [-0.2, -0.15) is 0 Å². The Morgan fingerprint density at radius 3 is 0.979 bits per heavy atom. The van der Waals surface area contributed by atoms with Crippen molar-refractivity contribution >= 4 is 5.96 Å². The summed E-state index contributed by atoms with van der Waals surface area (Å²) >= 11 is 0. The molecule has 0 N–H and O–H groups in total. The number of nitrogens with zero attached hydrogens (tertiary/aromatic N) is 3. The summed E-state index contributed by atoms with van der Waals surface area (Å²) in [6.45, 7) is 4.52. The Morgan fingerprint density at radius 1 is 0.383 bits per heavy atom. The van der Waals surface area contributed by atoms with E-state index in [1.807, 2.05) is 0 Å². The smallest absolute Gasteiger partial charge is 0.302 e. The van der Waals surface area contributed by atoms with Crippen LogP contribution in [0.3, 0.4) is 0 Å². The second-order valence-corrected chi connectivity index (χ2v) is 12.0. The van der Waals surface area contributed by atoms with E-state index in [-0.39, 0.29) is 24.0 Å². The van der Waals surface area contributed by atoms with E-state index in [0.29, 0.717) is 11.0 Å². The van der Waals surface area contributed by atoms with Crippen LogP contribution in [0.15, 0.2) is 187 Å². The Hall–Kier alpha value is -4.52. The molecule has 0 aromatic heterocycles. The fourth-order valence-corrected chi connectivity index (χ4v) is 6.28. The molecular weight excluding hydrogens is 685 g/mol. The summed E-state index contributed by atoms with van der Waals surface area (Å²) in [5.74, 6) is 1.09. The molecule has 0 saturated carbocycles. The first kappa shape index (κ1) is 33.8. The molecule has 0 spiro atoms. The zero-order chi connectivity index (χ0) is 31.3. The van der Waals surface area contributed by atoms with Crippen molar-refractivity contribution < 1.29 is 28.5 Å². The molecule has 47 heavy (non-hydrogen) atoms. The van der Waals surface area contributed by atoms with Crippen LogP contribution < -0.4 is 24.0 Å². The number of benzene rings is 6. The first-order valence-electron chi connectivity index (χ1n) is 16.2. The molecule has 0 bridgehead atoms. The molecule has 0 heterocycles. The SMILES string of the molecule is [I-].c1ccc(CN=C(N(Cc2ccccc2)Cc2ccccc2)[N+](Cc2ccccc2)(Cc2ccccc2)Cc2ccccc2)cc1. The number of aliphatic imine (C=N–C) groups is 1. The molecule has 0 aliphatic rings. The summed E-state index contributed by atoms with van der Waals surface area (Å²) in [6.07, 6.45) is 0. The largest absolute Gasteiger partial charge is 1.00 e. The fraction of sp³-hybridized carbons (Fsp3) is 0.140. The minimum absolute atomic E-state index is 0. The van der Waals surface area contributed by atoms with Crippen LogP contribution in [0.25, 0.3) is 0 Å². The van der Waals surface area contributed by atoms with E-state index in [9.17, 15) is 0 Å². The lowest BCUT2D eigenvalue weighted by Gasteiger charge is -2.43. The van der Waals surface area contributed by atoms with Crippen molar-refractivity contribution in [2.75, 3.05) is 0 Å². The summed E-state index contributed by atoms with van der Waals surface area (Å²) in [4.78, 5) is 8.19. The minimum Gasteiger partial charge on any atom is -1.00 e. The molecular formula is C43H42IN3. The van der Waals surface area contributed by atoms with E-state index in [0.717, 1.165) is 38.7 Å². The normalized spacial score (nSPS) is 11.4. The van der Waals surface area contributed by atoms with Crippen molar-refractivity contribution in [3.63, 3.8) is 0 Å². The van der Waals surface area contributed by atoms with Crippen LogP contribution in [0.5, 0.6) is 0 Å². The predicted octanol–water partition coefficient (Wildman–Crippen LogP) is 6.67. The molecule has 6 rings (SSSR count). The van der Waals surface area contributed by atoms with E-state index in [2.05, 4.69) is 187 Å². The Kier molecular flexibility index (Phi) is 12.5. The standard InChI is InChI=1S/C43H42N3.HI/c1-7-19-37(20-8-1)31-44-43(45(32-38-21-9-2-10-22-38)33-39-23-11-3-12-24-39)46(34-40-25-13-4-14-26-40,35-41-27-15-5-16-28-41)36-42-29-17-6-18-30-42;/h1-30H,31-36H2;1H/q+1;/p-1. The molecule has 0 unspecified atom stereocenters. The van der Waals surface area contributed by atoms with Gasteiger partial charge < -0.3 is 28.9 Å². The van der Waals surface area contributed by atoms with Gasteiger partial charge in [0.05, 0.1) is 6.54 Å². The highest BCUT2D eigenvalue weighted by molar-refractivity contribution is 5.74. The van der Waals surface area contributed by atoms with Crippen molar-refractivity contribution in [2.45, 2.75) is 39.3 Å². The molecule has 3 nitrogen and oxygen atoms in total. The molecule has 0 amide bonds. The number of guanidine groups is 1. The third-order valence-corrected chi connectivity index (χ3v) is 8.37. The van der Waals surface area contributed by atoms with E-state index in [1.165, 1.54) is 33.4 Å². The molecule has 236 valence electrons. The maximum atomic E-state index is 5.66. The molecule has 0 saturated heterocycles. The number of hydrogen-bond acceptors (Lipinski definition) is 1. The Bertz CT molecular complexity index is 1620. The Balaban J connectivity index is 0.00000433. The van der Waals surface area contributed by atoms with Gasteiger partial charge in [0.1, 0.15) is 19.6 Å². The van der Waals surface area contributed by atoms with Crippen molar-refractivity contribution in [3.05, 3.63) is 215 Å². The van der Waals surface area contributed by atoms with E-state index < -0.39 is 0 Å². The van der Waals surface area contributed by atoms with Gasteiger partial charge in [-0.05, 0) is 16.7 Å². The van der Waals surface area contributed by atoms with Gasteiger partial charge in [0.2, 0.25) is 0 Å². The molecule has 0 radical (unpaired) electrons. The molecule has 0 aliphatic carbocycles.